The number of rotatable bonds is 3. The van der Waals surface area contributed by atoms with E-state index in [1.165, 1.54) is 21.6 Å². The summed E-state index contributed by atoms with van der Waals surface area (Å²) >= 11 is 1.82. The zero-order valence-corrected chi connectivity index (χ0v) is 11.6. The van der Waals surface area contributed by atoms with E-state index in [0.29, 0.717) is 6.10 Å². The normalized spacial score (nSPS) is 20.2. The third-order valence-electron chi connectivity index (χ3n) is 3.46. The van der Waals surface area contributed by atoms with Crippen LogP contribution in [0, 0.1) is 6.92 Å². The minimum absolute atomic E-state index is 0.422. The molecule has 1 aliphatic carbocycles. The molecule has 92 valence electrons. The minimum atomic E-state index is 0.422. The second-order valence-electron chi connectivity index (χ2n) is 4.55. The zero-order valence-electron chi connectivity index (χ0n) is 10.8. The Kier molecular flexibility index (Phi) is 4.30. The maximum absolute atomic E-state index is 5.39. The van der Waals surface area contributed by atoms with Crippen LogP contribution in [0.2, 0.25) is 0 Å². The van der Waals surface area contributed by atoms with Gasteiger partial charge in [0.2, 0.25) is 0 Å². The van der Waals surface area contributed by atoms with E-state index in [2.05, 4.69) is 37.5 Å². The van der Waals surface area contributed by atoms with E-state index in [0.717, 1.165) is 19.3 Å². The fourth-order valence-electron chi connectivity index (χ4n) is 2.36. The standard InChI is InChI=1S/C15H20OS/c1-11-10-13(6-9-15(11)17-3)12-4-7-14(16-2)8-5-12/h4,6,9-10,14H,5,7-8H2,1-3H3. The summed E-state index contributed by atoms with van der Waals surface area (Å²) in [6, 6.07) is 6.79. The van der Waals surface area contributed by atoms with Crippen LogP contribution in [0.3, 0.4) is 0 Å². The number of hydrogen-bond acceptors (Lipinski definition) is 2. The number of hydrogen-bond donors (Lipinski definition) is 0. The predicted molar refractivity (Wildman–Crippen MR) is 75.6 cm³/mol. The van der Waals surface area contributed by atoms with E-state index in [1.807, 2.05) is 11.8 Å². The second-order valence-corrected chi connectivity index (χ2v) is 5.39. The largest absolute Gasteiger partial charge is 0.381 e. The van der Waals surface area contributed by atoms with Crippen LogP contribution in [-0.4, -0.2) is 19.5 Å². The van der Waals surface area contributed by atoms with Crippen molar-refractivity contribution < 1.29 is 4.74 Å². The van der Waals surface area contributed by atoms with Crippen LogP contribution in [0.25, 0.3) is 5.57 Å². The van der Waals surface area contributed by atoms with Crippen LogP contribution in [-0.2, 0) is 4.74 Å². The Hall–Kier alpha value is -0.730. The summed E-state index contributed by atoms with van der Waals surface area (Å²) in [4.78, 5) is 1.37. The molecule has 1 aliphatic rings. The van der Waals surface area contributed by atoms with Crippen molar-refractivity contribution in [3.63, 3.8) is 0 Å². The third kappa shape index (κ3) is 2.93. The molecule has 0 aromatic heterocycles. The van der Waals surface area contributed by atoms with Crippen molar-refractivity contribution >= 4 is 17.3 Å². The quantitative estimate of drug-likeness (QED) is 0.738. The first kappa shape index (κ1) is 12.7. The van der Waals surface area contributed by atoms with Gasteiger partial charge in [0.25, 0.3) is 0 Å². The summed E-state index contributed by atoms with van der Waals surface area (Å²) in [5, 5.41) is 0. The molecule has 17 heavy (non-hydrogen) atoms. The molecule has 1 aromatic rings. The maximum atomic E-state index is 5.39. The summed E-state index contributed by atoms with van der Waals surface area (Å²) in [6.07, 6.45) is 8.22. The van der Waals surface area contributed by atoms with Gasteiger partial charge in [0.1, 0.15) is 0 Å². The molecule has 1 aromatic carbocycles. The molecular weight excluding hydrogens is 228 g/mol. The molecule has 0 radical (unpaired) electrons. The van der Waals surface area contributed by atoms with Crippen molar-refractivity contribution in [1.29, 1.82) is 0 Å². The van der Waals surface area contributed by atoms with Crippen LogP contribution in [0.1, 0.15) is 30.4 Å². The highest BCUT2D eigenvalue weighted by Gasteiger charge is 2.14. The topological polar surface area (TPSA) is 9.23 Å². The first-order chi connectivity index (χ1) is 8.24. The van der Waals surface area contributed by atoms with E-state index < -0.39 is 0 Å². The van der Waals surface area contributed by atoms with E-state index in [1.54, 1.807) is 7.11 Å². The maximum Gasteiger partial charge on any atom is 0.0609 e. The first-order valence-electron chi connectivity index (χ1n) is 6.11. The number of aryl methyl sites for hydroxylation is 1. The molecule has 0 bridgehead atoms. The Morgan fingerprint density at radius 2 is 2.18 bits per heavy atom. The van der Waals surface area contributed by atoms with Crippen molar-refractivity contribution in [2.45, 2.75) is 37.2 Å². The smallest absolute Gasteiger partial charge is 0.0609 e. The van der Waals surface area contributed by atoms with Gasteiger partial charge in [-0.2, -0.15) is 0 Å². The lowest BCUT2D eigenvalue weighted by Gasteiger charge is -2.21. The number of ether oxygens (including phenoxy) is 1. The van der Waals surface area contributed by atoms with E-state index in [9.17, 15) is 0 Å². The predicted octanol–water partition coefficient (Wildman–Crippen LogP) is 4.30. The van der Waals surface area contributed by atoms with Crippen LogP contribution >= 0.6 is 11.8 Å². The molecule has 0 saturated carbocycles. The number of allylic oxidation sites excluding steroid dienone is 1. The molecule has 0 saturated heterocycles. The van der Waals surface area contributed by atoms with E-state index >= 15 is 0 Å². The number of benzene rings is 1. The minimum Gasteiger partial charge on any atom is -0.381 e. The molecule has 0 N–H and O–H groups in total. The Balaban J connectivity index is 2.18. The molecule has 0 heterocycles. The van der Waals surface area contributed by atoms with Gasteiger partial charge in [0, 0.05) is 12.0 Å². The zero-order chi connectivity index (χ0) is 12.3. The SMILES string of the molecule is COC1CC=C(c2ccc(SC)c(C)c2)CC1. The Morgan fingerprint density at radius 3 is 2.71 bits per heavy atom. The first-order valence-corrected chi connectivity index (χ1v) is 7.34. The van der Waals surface area contributed by atoms with Gasteiger partial charge in [-0.1, -0.05) is 18.2 Å². The summed E-state index contributed by atoms with van der Waals surface area (Å²) in [6.45, 7) is 2.19. The lowest BCUT2D eigenvalue weighted by atomic mass is 9.91. The Morgan fingerprint density at radius 1 is 1.35 bits per heavy atom. The van der Waals surface area contributed by atoms with E-state index in [4.69, 9.17) is 4.74 Å². The van der Waals surface area contributed by atoms with Gasteiger partial charge in [-0.25, -0.2) is 0 Å². The lowest BCUT2D eigenvalue weighted by molar-refractivity contribution is 0.0964. The molecule has 0 fully saturated rings. The van der Waals surface area contributed by atoms with Crippen molar-refractivity contribution in [3.8, 4) is 0 Å². The molecule has 1 nitrogen and oxygen atoms in total. The molecule has 0 spiro atoms. The molecule has 1 atom stereocenters. The third-order valence-corrected chi connectivity index (χ3v) is 4.36. The van der Waals surface area contributed by atoms with Crippen molar-refractivity contribution in [2.75, 3.05) is 13.4 Å². The van der Waals surface area contributed by atoms with Gasteiger partial charge in [-0.3, -0.25) is 0 Å². The summed E-state index contributed by atoms with van der Waals surface area (Å²) < 4.78 is 5.39. The highest BCUT2D eigenvalue weighted by Crippen LogP contribution is 2.30. The van der Waals surface area contributed by atoms with Crippen LogP contribution in [0.4, 0.5) is 0 Å². The molecule has 2 rings (SSSR count). The van der Waals surface area contributed by atoms with Gasteiger partial charge in [0.15, 0.2) is 0 Å². The average molecular weight is 248 g/mol. The molecule has 1 unspecified atom stereocenters. The van der Waals surface area contributed by atoms with Crippen LogP contribution in [0.15, 0.2) is 29.2 Å². The number of thioether (sulfide) groups is 1. The number of methoxy groups -OCH3 is 1. The lowest BCUT2D eigenvalue weighted by Crippen LogP contribution is -2.13. The van der Waals surface area contributed by atoms with Gasteiger partial charge < -0.3 is 4.74 Å². The fraction of sp³-hybridized carbons (Fsp3) is 0.467. The summed E-state index contributed by atoms with van der Waals surface area (Å²) in [5.74, 6) is 0. The Labute approximate surface area is 108 Å². The molecule has 2 heteroatoms. The Bertz CT molecular complexity index is 423. The average Bonchev–Trinajstić information content (AvgIpc) is 2.39. The van der Waals surface area contributed by atoms with Gasteiger partial charge in [-0.15, -0.1) is 11.8 Å². The molecule has 0 aliphatic heterocycles. The highest BCUT2D eigenvalue weighted by atomic mass is 32.2. The highest BCUT2D eigenvalue weighted by molar-refractivity contribution is 7.98. The molecule has 0 amide bonds. The van der Waals surface area contributed by atoms with Crippen molar-refractivity contribution in [2.24, 2.45) is 0 Å². The summed E-state index contributed by atoms with van der Waals surface area (Å²) in [5.41, 5.74) is 4.24. The second kappa shape index (κ2) is 5.74. The van der Waals surface area contributed by atoms with Crippen molar-refractivity contribution in [1.82, 2.24) is 0 Å². The van der Waals surface area contributed by atoms with Gasteiger partial charge in [-0.05, 0) is 55.2 Å². The summed E-state index contributed by atoms with van der Waals surface area (Å²) in [7, 11) is 1.81. The van der Waals surface area contributed by atoms with Crippen LogP contribution in [0.5, 0.6) is 0 Å². The molecular formula is C15H20OS. The fourth-order valence-corrected chi connectivity index (χ4v) is 2.95. The monoisotopic (exact) mass is 248 g/mol. The van der Waals surface area contributed by atoms with Gasteiger partial charge >= 0.3 is 0 Å². The van der Waals surface area contributed by atoms with Crippen LogP contribution < -0.4 is 0 Å². The van der Waals surface area contributed by atoms with Gasteiger partial charge in [0.05, 0.1) is 6.10 Å². The van der Waals surface area contributed by atoms with E-state index in [-0.39, 0.29) is 0 Å². The van der Waals surface area contributed by atoms with Crippen molar-refractivity contribution in [3.05, 3.63) is 35.4 Å².